The van der Waals surface area contributed by atoms with Crippen LogP contribution in [0.1, 0.15) is 69.4 Å². The van der Waals surface area contributed by atoms with E-state index >= 15 is 0 Å². The third-order valence-corrected chi connectivity index (χ3v) is 5.24. The predicted molar refractivity (Wildman–Crippen MR) is 96.3 cm³/mol. The molecular weight excluding hydrogens is 306 g/mol. The Bertz CT molecular complexity index is 586. The minimum atomic E-state index is -0.902. The molecule has 0 aromatic heterocycles. The summed E-state index contributed by atoms with van der Waals surface area (Å²) in [4.78, 5) is 0. The molecule has 1 aliphatic carbocycles. The first-order valence-electron chi connectivity index (χ1n) is 8.99. The molecule has 0 radical (unpaired) electrons. The van der Waals surface area contributed by atoms with Crippen LogP contribution in [0, 0.1) is 17.6 Å². The number of rotatable bonds is 7. The van der Waals surface area contributed by atoms with E-state index in [0.29, 0.717) is 23.5 Å². The summed E-state index contributed by atoms with van der Waals surface area (Å²) in [6, 6.07) is 1.72. The summed E-state index contributed by atoms with van der Waals surface area (Å²) in [6.45, 7) is 11.5. The maximum atomic E-state index is 14.7. The highest BCUT2D eigenvalue weighted by Crippen LogP contribution is 2.41. The molecule has 0 aliphatic heterocycles. The summed E-state index contributed by atoms with van der Waals surface area (Å²) in [5.74, 6) is -0.931. The lowest BCUT2D eigenvalue weighted by Gasteiger charge is -2.29. The molecular formula is C21H28F2O. The summed E-state index contributed by atoms with van der Waals surface area (Å²) >= 11 is 0. The monoisotopic (exact) mass is 334 g/mol. The Kier molecular flexibility index (Phi) is 6.59. The Balaban J connectivity index is 2.33. The van der Waals surface area contributed by atoms with Gasteiger partial charge in [-0.15, -0.1) is 0 Å². The molecule has 0 N–H and O–H groups in total. The van der Waals surface area contributed by atoms with E-state index in [1.54, 1.807) is 12.1 Å². The Labute approximate surface area is 144 Å². The van der Waals surface area contributed by atoms with Crippen molar-refractivity contribution in [3.05, 3.63) is 48.1 Å². The van der Waals surface area contributed by atoms with E-state index in [1.165, 1.54) is 6.08 Å². The van der Waals surface area contributed by atoms with Crippen LogP contribution < -0.4 is 4.74 Å². The van der Waals surface area contributed by atoms with Crippen LogP contribution in [-0.2, 0) is 0 Å². The molecule has 1 fully saturated rings. The average Bonchev–Trinajstić information content (AvgIpc) is 2.63. The van der Waals surface area contributed by atoms with Gasteiger partial charge in [0.2, 0.25) is 5.82 Å². The lowest BCUT2D eigenvalue weighted by atomic mass is 9.77. The molecule has 2 rings (SSSR count). The number of hydrogen-bond donors (Lipinski definition) is 0. The third-order valence-electron chi connectivity index (χ3n) is 5.24. The second kappa shape index (κ2) is 8.46. The highest BCUT2D eigenvalue weighted by molar-refractivity contribution is 5.58. The highest BCUT2D eigenvalue weighted by Gasteiger charge is 2.28. The SMILES string of the molecule is C=Cc1cc(C2CCC(CC)CC2)c(F)c(F)c1OC(C=C)CC. The Morgan fingerprint density at radius 1 is 1.17 bits per heavy atom. The minimum Gasteiger partial charge on any atom is -0.483 e. The van der Waals surface area contributed by atoms with Crippen molar-refractivity contribution in [2.75, 3.05) is 0 Å². The normalized spacial score (nSPS) is 22.0. The molecule has 1 aliphatic rings. The smallest absolute Gasteiger partial charge is 0.201 e. The largest absolute Gasteiger partial charge is 0.483 e. The van der Waals surface area contributed by atoms with Crippen molar-refractivity contribution in [3.63, 3.8) is 0 Å². The first-order valence-corrected chi connectivity index (χ1v) is 8.99. The maximum Gasteiger partial charge on any atom is 0.201 e. The average molecular weight is 334 g/mol. The molecule has 1 unspecified atom stereocenters. The lowest BCUT2D eigenvalue weighted by Crippen LogP contribution is -2.17. The van der Waals surface area contributed by atoms with Gasteiger partial charge in [-0.3, -0.25) is 0 Å². The van der Waals surface area contributed by atoms with Gasteiger partial charge >= 0.3 is 0 Å². The number of halogens is 2. The molecule has 24 heavy (non-hydrogen) atoms. The number of benzene rings is 1. The zero-order chi connectivity index (χ0) is 17.7. The van der Waals surface area contributed by atoms with Gasteiger partial charge in [0.15, 0.2) is 11.6 Å². The highest BCUT2D eigenvalue weighted by atomic mass is 19.2. The molecule has 1 aromatic rings. The first-order chi connectivity index (χ1) is 11.5. The molecule has 0 amide bonds. The van der Waals surface area contributed by atoms with Crippen LogP contribution >= 0.6 is 0 Å². The van der Waals surface area contributed by atoms with E-state index in [9.17, 15) is 8.78 Å². The fourth-order valence-electron chi connectivity index (χ4n) is 3.55. The van der Waals surface area contributed by atoms with Crippen LogP contribution in [-0.4, -0.2) is 6.10 Å². The molecule has 1 aromatic carbocycles. The Morgan fingerprint density at radius 2 is 1.83 bits per heavy atom. The minimum absolute atomic E-state index is 0.0553. The molecule has 0 spiro atoms. The maximum absolute atomic E-state index is 14.7. The van der Waals surface area contributed by atoms with E-state index in [1.807, 2.05) is 6.92 Å². The van der Waals surface area contributed by atoms with Gasteiger partial charge in [-0.05, 0) is 55.6 Å². The van der Waals surface area contributed by atoms with Gasteiger partial charge in [-0.2, -0.15) is 4.39 Å². The van der Waals surface area contributed by atoms with Crippen molar-refractivity contribution in [3.8, 4) is 5.75 Å². The van der Waals surface area contributed by atoms with E-state index in [0.717, 1.165) is 32.1 Å². The van der Waals surface area contributed by atoms with Gasteiger partial charge in [0, 0.05) is 5.56 Å². The fraction of sp³-hybridized carbons (Fsp3) is 0.524. The molecule has 0 saturated heterocycles. The quantitative estimate of drug-likeness (QED) is 0.508. The number of ether oxygens (including phenoxy) is 1. The summed E-state index contributed by atoms with van der Waals surface area (Å²) in [6.07, 6.45) is 8.59. The summed E-state index contributed by atoms with van der Waals surface area (Å²) in [5.41, 5.74) is 0.984. The van der Waals surface area contributed by atoms with Crippen molar-refractivity contribution < 1.29 is 13.5 Å². The third kappa shape index (κ3) is 3.88. The van der Waals surface area contributed by atoms with E-state index in [4.69, 9.17) is 4.74 Å². The van der Waals surface area contributed by atoms with Crippen LogP contribution in [0.25, 0.3) is 6.08 Å². The zero-order valence-electron chi connectivity index (χ0n) is 14.8. The standard InChI is InChI=1S/C21H28F2O/c1-5-14-9-11-16(12-10-14)18-13-15(6-2)21(20(23)19(18)22)24-17(7-3)8-4/h6-7,13-14,16-17H,2-3,5,8-12H2,1,4H3. The van der Waals surface area contributed by atoms with Crippen molar-refractivity contribution in [1.29, 1.82) is 0 Å². The van der Waals surface area contributed by atoms with E-state index in [-0.39, 0.29) is 17.8 Å². The van der Waals surface area contributed by atoms with Crippen LogP contribution in [0.2, 0.25) is 0 Å². The Hall–Kier alpha value is -1.64. The van der Waals surface area contributed by atoms with Gasteiger partial charge < -0.3 is 4.74 Å². The fourth-order valence-corrected chi connectivity index (χ4v) is 3.55. The molecule has 3 heteroatoms. The second-order valence-electron chi connectivity index (χ2n) is 6.64. The first kappa shape index (κ1) is 18.7. The predicted octanol–water partition coefficient (Wildman–Crippen LogP) is 6.64. The molecule has 132 valence electrons. The lowest BCUT2D eigenvalue weighted by molar-refractivity contribution is 0.229. The summed E-state index contributed by atoms with van der Waals surface area (Å²) in [5, 5.41) is 0. The molecule has 0 bridgehead atoms. The van der Waals surface area contributed by atoms with Crippen molar-refractivity contribution >= 4 is 6.08 Å². The molecule has 1 saturated carbocycles. The van der Waals surface area contributed by atoms with Gasteiger partial charge in [0.25, 0.3) is 0 Å². The Morgan fingerprint density at radius 3 is 2.33 bits per heavy atom. The number of hydrogen-bond acceptors (Lipinski definition) is 1. The van der Waals surface area contributed by atoms with Crippen molar-refractivity contribution in [2.24, 2.45) is 5.92 Å². The molecule has 0 heterocycles. The van der Waals surface area contributed by atoms with Gasteiger partial charge in [0.05, 0.1) is 0 Å². The van der Waals surface area contributed by atoms with E-state index in [2.05, 4.69) is 20.1 Å². The van der Waals surface area contributed by atoms with Crippen molar-refractivity contribution in [1.82, 2.24) is 0 Å². The van der Waals surface area contributed by atoms with Crippen LogP contribution in [0.5, 0.6) is 5.75 Å². The topological polar surface area (TPSA) is 9.23 Å². The zero-order valence-corrected chi connectivity index (χ0v) is 14.8. The summed E-state index contributed by atoms with van der Waals surface area (Å²) in [7, 11) is 0. The van der Waals surface area contributed by atoms with Crippen molar-refractivity contribution in [2.45, 2.75) is 64.4 Å². The van der Waals surface area contributed by atoms with Gasteiger partial charge in [-0.25, -0.2) is 4.39 Å². The second-order valence-corrected chi connectivity index (χ2v) is 6.64. The van der Waals surface area contributed by atoms with E-state index < -0.39 is 11.6 Å². The molecule has 1 nitrogen and oxygen atoms in total. The van der Waals surface area contributed by atoms with Crippen LogP contribution in [0.3, 0.4) is 0 Å². The van der Waals surface area contributed by atoms with Crippen LogP contribution in [0.4, 0.5) is 8.78 Å². The molecule has 1 atom stereocenters. The van der Waals surface area contributed by atoms with Gasteiger partial charge in [0.1, 0.15) is 6.10 Å². The summed E-state index contributed by atoms with van der Waals surface area (Å²) < 4.78 is 35.0. The van der Waals surface area contributed by atoms with Gasteiger partial charge in [-0.1, -0.05) is 45.6 Å². The van der Waals surface area contributed by atoms with Crippen LogP contribution in [0.15, 0.2) is 25.3 Å².